The fourth-order valence-electron chi connectivity index (χ4n) is 5.00. The van der Waals surface area contributed by atoms with Crippen molar-refractivity contribution >= 4 is 0 Å². The number of hydrogen-bond donors (Lipinski definition) is 1. The van der Waals surface area contributed by atoms with Crippen molar-refractivity contribution in [3.63, 3.8) is 0 Å². The lowest BCUT2D eigenvalue weighted by atomic mass is 9.81. The topological polar surface area (TPSA) is 29.3 Å². The average molecular weight is 270 g/mol. The molecule has 2 heteroatoms. The lowest BCUT2D eigenvalue weighted by Crippen LogP contribution is -2.49. The van der Waals surface area contributed by atoms with Gasteiger partial charge in [0.05, 0.1) is 0 Å². The van der Waals surface area contributed by atoms with Crippen molar-refractivity contribution < 1.29 is 0 Å². The fourth-order valence-corrected chi connectivity index (χ4v) is 5.00. The summed E-state index contributed by atoms with van der Waals surface area (Å²) in [5.41, 5.74) is 9.54. The summed E-state index contributed by atoms with van der Waals surface area (Å²) in [6.07, 6.45) is 9.62. The molecule has 0 aromatic heterocycles. The summed E-state index contributed by atoms with van der Waals surface area (Å²) in [4.78, 5) is 2.80. The van der Waals surface area contributed by atoms with E-state index in [1.807, 2.05) is 0 Å². The molecule has 0 amide bonds. The van der Waals surface area contributed by atoms with E-state index in [1.54, 1.807) is 0 Å². The summed E-state index contributed by atoms with van der Waals surface area (Å²) in [7, 11) is 0. The zero-order chi connectivity index (χ0) is 13.5. The Hall–Kier alpha value is -0.860. The quantitative estimate of drug-likeness (QED) is 0.848. The first-order valence-electron chi connectivity index (χ1n) is 8.44. The minimum Gasteiger partial charge on any atom is -0.323 e. The van der Waals surface area contributed by atoms with Crippen LogP contribution in [0.1, 0.15) is 55.7 Å². The van der Waals surface area contributed by atoms with Gasteiger partial charge in [-0.15, -0.1) is 0 Å². The number of likely N-dealkylation sites (tertiary alicyclic amines) is 1. The van der Waals surface area contributed by atoms with Gasteiger partial charge in [0.2, 0.25) is 0 Å². The summed E-state index contributed by atoms with van der Waals surface area (Å²) in [5, 5.41) is 0. The zero-order valence-corrected chi connectivity index (χ0v) is 12.3. The smallest absolute Gasteiger partial charge is 0.0456 e. The van der Waals surface area contributed by atoms with Gasteiger partial charge in [-0.25, -0.2) is 0 Å². The standard InChI is InChI=1S/C18H26N2/c19-18-15-7-3-1-5-13(15)9-10-17(18)20-12-11-14-6-2-4-8-16(14)20/h1,3,5,7,14,16-18H,2,4,6,8-12,19H2. The van der Waals surface area contributed by atoms with Gasteiger partial charge in [0.15, 0.2) is 0 Å². The van der Waals surface area contributed by atoms with Gasteiger partial charge in [0.25, 0.3) is 0 Å². The van der Waals surface area contributed by atoms with Crippen molar-refractivity contribution in [3.05, 3.63) is 35.4 Å². The highest BCUT2D eigenvalue weighted by Crippen LogP contribution is 2.41. The van der Waals surface area contributed by atoms with Crippen LogP contribution in [0.5, 0.6) is 0 Å². The molecule has 1 aromatic carbocycles. The summed E-state index contributed by atoms with van der Waals surface area (Å²) in [6, 6.07) is 10.5. The Labute approximate surface area is 122 Å². The molecule has 2 N–H and O–H groups in total. The van der Waals surface area contributed by atoms with Crippen molar-refractivity contribution in [1.29, 1.82) is 0 Å². The van der Waals surface area contributed by atoms with Crippen molar-refractivity contribution in [3.8, 4) is 0 Å². The first-order chi connectivity index (χ1) is 9.84. The van der Waals surface area contributed by atoms with Gasteiger partial charge >= 0.3 is 0 Å². The number of nitrogens with zero attached hydrogens (tertiary/aromatic N) is 1. The van der Waals surface area contributed by atoms with E-state index >= 15 is 0 Å². The summed E-state index contributed by atoms with van der Waals surface area (Å²) in [6.45, 7) is 1.29. The molecular weight excluding hydrogens is 244 g/mol. The molecule has 20 heavy (non-hydrogen) atoms. The monoisotopic (exact) mass is 270 g/mol. The third-order valence-electron chi connectivity index (χ3n) is 6.02. The molecule has 0 spiro atoms. The molecule has 108 valence electrons. The average Bonchev–Trinajstić information content (AvgIpc) is 2.92. The fraction of sp³-hybridized carbons (Fsp3) is 0.667. The number of benzene rings is 1. The number of nitrogens with two attached hydrogens (primary N) is 1. The molecule has 2 fully saturated rings. The minimum atomic E-state index is 0.223. The van der Waals surface area contributed by atoms with Crippen LogP contribution in [0, 0.1) is 5.92 Å². The Balaban J connectivity index is 1.58. The van der Waals surface area contributed by atoms with Crippen molar-refractivity contribution in [2.24, 2.45) is 11.7 Å². The number of fused-ring (bicyclic) bond motifs is 2. The van der Waals surface area contributed by atoms with Gasteiger partial charge in [-0.05, 0) is 55.7 Å². The summed E-state index contributed by atoms with van der Waals surface area (Å²) < 4.78 is 0. The molecule has 1 saturated heterocycles. The van der Waals surface area contributed by atoms with Crippen LogP contribution in [-0.2, 0) is 6.42 Å². The van der Waals surface area contributed by atoms with E-state index in [0.29, 0.717) is 6.04 Å². The summed E-state index contributed by atoms with van der Waals surface area (Å²) in [5.74, 6) is 0.966. The molecule has 0 bridgehead atoms. The molecule has 4 rings (SSSR count). The number of rotatable bonds is 1. The van der Waals surface area contributed by atoms with Crippen LogP contribution in [0.3, 0.4) is 0 Å². The van der Waals surface area contributed by atoms with Crippen LogP contribution in [-0.4, -0.2) is 23.5 Å². The Kier molecular flexibility index (Phi) is 3.31. The molecule has 2 aliphatic carbocycles. The Morgan fingerprint density at radius 1 is 0.950 bits per heavy atom. The molecule has 1 aliphatic heterocycles. The van der Waals surface area contributed by atoms with Gasteiger partial charge in [-0.2, -0.15) is 0 Å². The predicted octanol–water partition coefficient (Wildman–Crippen LogP) is 3.27. The van der Waals surface area contributed by atoms with Gasteiger partial charge in [0.1, 0.15) is 0 Å². The van der Waals surface area contributed by atoms with Crippen LogP contribution >= 0.6 is 0 Å². The minimum absolute atomic E-state index is 0.223. The lowest BCUT2D eigenvalue weighted by molar-refractivity contribution is 0.105. The van der Waals surface area contributed by atoms with E-state index in [-0.39, 0.29) is 6.04 Å². The second kappa shape index (κ2) is 5.16. The molecule has 1 heterocycles. The Morgan fingerprint density at radius 2 is 1.80 bits per heavy atom. The zero-order valence-electron chi connectivity index (χ0n) is 12.3. The van der Waals surface area contributed by atoms with E-state index in [9.17, 15) is 0 Å². The predicted molar refractivity (Wildman–Crippen MR) is 82.5 cm³/mol. The molecular formula is C18H26N2. The molecule has 2 nitrogen and oxygen atoms in total. The molecule has 1 aromatic rings. The maximum absolute atomic E-state index is 6.65. The Morgan fingerprint density at radius 3 is 2.75 bits per heavy atom. The van der Waals surface area contributed by atoms with E-state index in [4.69, 9.17) is 5.73 Å². The van der Waals surface area contributed by atoms with Crippen LogP contribution in [0.2, 0.25) is 0 Å². The van der Waals surface area contributed by atoms with Crippen molar-refractivity contribution in [2.45, 2.75) is 63.1 Å². The Bertz CT molecular complexity index is 484. The highest BCUT2D eigenvalue weighted by atomic mass is 15.2. The highest BCUT2D eigenvalue weighted by molar-refractivity contribution is 5.33. The van der Waals surface area contributed by atoms with Crippen LogP contribution in [0.25, 0.3) is 0 Å². The second-order valence-electron chi connectivity index (χ2n) is 6.97. The normalized spacial score (nSPS) is 37.5. The van der Waals surface area contributed by atoms with Crippen molar-refractivity contribution in [2.75, 3.05) is 6.54 Å². The van der Waals surface area contributed by atoms with E-state index in [1.165, 1.54) is 62.6 Å². The van der Waals surface area contributed by atoms with Crippen LogP contribution in [0.4, 0.5) is 0 Å². The third-order valence-corrected chi connectivity index (χ3v) is 6.02. The lowest BCUT2D eigenvalue weighted by Gasteiger charge is -2.42. The molecule has 0 radical (unpaired) electrons. The maximum atomic E-state index is 6.65. The van der Waals surface area contributed by atoms with Gasteiger partial charge in [-0.1, -0.05) is 37.1 Å². The summed E-state index contributed by atoms with van der Waals surface area (Å²) >= 11 is 0. The van der Waals surface area contributed by atoms with Gasteiger partial charge in [0, 0.05) is 18.1 Å². The molecule has 3 aliphatic rings. The van der Waals surface area contributed by atoms with Gasteiger partial charge in [-0.3, -0.25) is 4.90 Å². The molecule has 4 unspecified atom stereocenters. The first-order valence-corrected chi connectivity index (χ1v) is 8.44. The SMILES string of the molecule is NC1c2ccccc2CCC1N1CCC2CCCCC21. The second-order valence-corrected chi connectivity index (χ2v) is 6.97. The van der Waals surface area contributed by atoms with E-state index in [0.717, 1.165) is 12.0 Å². The number of hydrogen-bond acceptors (Lipinski definition) is 2. The molecule has 4 atom stereocenters. The highest BCUT2D eigenvalue weighted by Gasteiger charge is 2.42. The first kappa shape index (κ1) is 12.8. The van der Waals surface area contributed by atoms with Crippen molar-refractivity contribution in [1.82, 2.24) is 4.90 Å². The van der Waals surface area contributed by atoms with Crippen LogP contribution in [0.15, 0.2) is 24.3 Å². The van der Waals surface area contributed by atoms with Gasteiger partial charge < -0.3 is 5.73 Å². The van der Waals surface area contributed by atoms with Crippen LogP contribution < -0.4 is 5.73 Å². The largest absolute Gasteiger partial charge is 0.323 e. The van der Waals surface area contributed by atoms with E-state index in [2.05, 4.69) is 29.2 Å². The number of aryl methyl sites for hydroxylation is 1. The van der Waals surface area contributed by atoms with E-state index < -0.39 is 0 Å². The maximum Gasteiger partial charge on any atom is 0.0456 e. The third kappa shape index (κ3) is 2.01. The molecule has 1 saturated carbocycles.